The largest absolute Gasteiger partial charge is 0.399 e. The van der Waals surface area contributed by atoms with Gasteiger partial charge in [-0.3, -0.25) is 9.59 Å². The van der Waals surface area contributed by atoms with E-state index >= 15 is 0 Å². The van der Waals surface area contributed by atoms with Crippen LogP contribution in [-0.4, -0.2) is 20.2 Å². The quantitative estimate of drug-likeness (QED) is 0.686. The molecular weight excluding hydrogens is 316 g/mol. The molecule has 23 heavy (non-hydrogen) atoms. The van der Waals surface area contributed by atoms with E-state index < -0.39 is 21.7 Å². The van der Waals surface area contributed by atoms with Crippen LogP contribution in [0.25, 0.3) is 0 Å². The Bertz CT molecular complexity index is 964. The van der Waals surface area contributed by atoms with E-state index in [-0.39, 0.29) is 21.7 Å². The number of hydrogen-bond donors (Lipinski definition) is 1. The highest BCUT2D eigenvalue weighted by Crippen LogP contribution is 2.30. The monoisotopic (exact) mass is 328 g/mol. The highest BCUT2D eigenvalue weighted by atomic mass is 32.2. The summed E-state index contributed by atoms with van der Waals surface area (Å²) in [5.41, 5.74) is 6.64. The fraction of sp³-hybridized carbons (Fsp3) is 0. The van der Waals surface area contributed by atoms with Crippen molar-refractivity contribution in [2.45, 2.75) is 4.90 Å². The number of hydrogen-bond acceptors (Lipinski definition) is 5. The molecule has 3 rings (SSSR count). The summed E-state index contributed by atoms with van der Waals surface area (Å²) in [6.07, 6.45) is 0. The Morgan fingerprint density at radius 2 is 1.70 bits per heavy atom. The van der Waals surface area contributed by atoms with Gasteiger partial charge in [-0.1, -0.05) is 12.6 Å². The Hall–Kier alpha value is -2.93. The van der Waals surface area contributed by atoms with Crippen LogP contribution >= 0.6 is 0 Å². The number of rotatable bonds is 3. The van der Waals surface area contributed by atoms with E-state index in [1.807, 2.05) is 0 Å². The van der Waals surface area contributed by atoms with E-state index in [9.17, 15) is 18.0 Å². The van der Waals surface area contributed by atoms with Gasteiger partial charge in [0.1, 0.15) is 0 Å². The van der Waals surface area contributed by atoms with Crippen LogP contribution < -0.4 is 10.6 Å². The molecule has 0 radical (unpaired) electrons. The SMILES string of the molecule is C=CS(=O)(=O)c1cccc(N2C(=O)c3ccc(N)cc3C2=O)c1. The van der Waals surface area contributed by atoms with Crippen molar-refractivity contribution in [2.24, 2.45) is 0 Å². The maximum absolute atomic E-state index is 12.5. The van der Waals surface area contributed by atoms with E-state index in [0.717, 1.165) is 10.3 Å². The van der Waals surface area contributed by atoms with Crippen molar-refractivity contribution < 1.29 is 18.0 Å². The minimum Gasteiger partial charge on any atom is -0.399 e. The van der Waals surface area contributed by atoms with Crippen LogP contribution in [0.2, 0.25) is 0 Å². The third-order valence-electron chi connectivity index (χ3n) is 3.53. The Morgan fingerprint density at radius 3 is 2.39 bits per heavy atom. The zero-order valence-electron chi connectivity index (χ0n) is 11.9. The number of imide groups is 1. The highest BCUT2D eigenvalue weighted by molar-refractivity contribution is 7.94. The summed E-state index contributed by atoms with van der Waals surface area (Å²) in [6.45, 7) is 3.26. The molecule has 2 N–H and O–H groups in total. The van der Waals surface area contributed by atoms with Gasteiger partial charge in [-0.2, -0.15) is 0 Å². The topological polar surface area (TPSA) is 97.5 Å². The van der Waals surface area contributed by atoms with Gasteiger partial charge in [-0.15, -0.1) is 0 Å². The van der Waals surface area contributed by atoms with Crippen LogP contribution in [0, 0.1) is 0 Å². The predicted molar refractivity (Wildman–Crippen MR) is 85.8 cm³/mol. The Kier molecular flexibility index (Phi) is 3.30. The molecule has 1 aliphatic heterocycles. The molecule has 0 aromatic heterocycles. The maximum Gasteiger partial charge on any atom is 0.266 e. The second-order valence-electron chi connectivity index (χ2n) is 4.96. The molecule has 0 saturated heterocycles. The zero-order chi connectivity index (χ0) is 16.8. The molecule has 7 heteroatoms. The zero-order valence-corrected chi connectivity index (χ0v) is 12.7. The maximum atomic E-state index is 12.5. The van der Waals surface area contributed by atoms with Crippen molar-refractivity contribution in [3.8, 4) is 0 Å². The molecule has 2 aromatic carbocycles. The average molecular weight is 328 g/mol. The summed E-state index contributed by atoms with van der Waals surface area (Å²) in [5.74, 6) is -1.05. The van der Waals surface area contributed by atoms with Crippen molar-refractivity contribution in [3.63, 3.8) is 0 Å². The molecular formula is C16H12N2O4S. The first kappa shape index (κ1) is 15.0. The van der Waals surface area contributed by atoms with Crippen LogP contribution in [0.4, 0.5) is 11.4 Å². The lowest BCUT2D eigenvalue weighted by molar-refractivity contribution is 0.0926. The van der Waals surface area contributed by atoms with Gasteiger partial charge >= 0.3 is 0 Å². The Labute approximate surface area is 132 Å². The van der Waals surface area contributed by atoms with Gasteiger partial charge in [0.25, 0.3) is 11.8 Å². The second kappa shape index (κ2) is 5.06. The fourth-order valence-corrected chi connectivity index (χ4v) is 3.13. The van der Waals surface area contributed by atoms with Crippen LogP contribution in [-0.2, 0) is 9.84 Å². The minimum atomic E-state index is -3.66. The lowest BCUT2D eigenvalue weighted by atomic mass is 10.1. The fourth-order valence-electron chi connectivity index (χ4n) is 2.39. The molecule has 0 spiro atoms. The van der Waals surface area contributed by atoms with E-state index in [0.29, 0.717) is 5.69 Å². The van der Waals surface area contributed by atoms with Crippen molar-refractivity contribution in [1.82, 2.24) is 0 Å². The molecule has 0 bridgehead atoms. The molecule has 1 heterocycles. The van der Waals surface area contributed by atoms with Crippen molar-refractivity contribution in [1.29, 1.82) is 0 Å². The Morgan fingerprint density at radius 1 is 1.00 bits per heavy atom. The molecule has 0 aliphatic carbocycles. The van der Waals surface area contributed by atoms with Crippen LogP contribution in [0.15, 0.2) is 59.3 Å². The number of benzene rings is 2. The molecule has 0 saturated carbocycles. The van der Waals surface area contributed by atoms with Crippen LogP contribution in [0.1, 0.15) is 20.7 Å². The standard InChI is InChI=1S/C16H12N2O4S/c1-2-23(21,22)12-5-3-4-11(9-12)18-15(19)13-7-6-10(17)8-14(13)16(18)20/h2-9H,1,17H2. The van der Waals surface area contributed by atoms with E-state index in [2.05, 4.69) is 6.58 Å². The van der Waals surface area contributed by atoms with E-state index in [1.165, 1.54) is 42.5 Å². The summed E-state index contributed by atoms with van der Waals surface area (Å²) in [7, 11) is -3.66. The van der Waals surface area contributed by atoms with Crippen molar-refractivity contribution in [3.05, 3.63) is 65.6 Å². The summed E-state index contributed by atoms with van der Waals surface area (Å²) in [6, 6.07) is 10.0. The Balaban J connectivity index is 2.11. The first-order valence-corrected chi connectivity index (χ1v) is 8.15. The number of nitrogen functional groups attached to an aromatic ring is 1. The van der Waals surface area contributed by atoms with Gasteiger partial charge in [0.05, 0.1) is 21.7 Å². The lowest BCUT2D eigenvalue weighted by Gasteiger charge is -2.14. The van der Waals surface area contributed by atoms with Gasteiger partial charge in [-0.25, -0.2) is 13.3 Å². The number of nitrogens with zero attached hydrogens (tertiary/aromatic N) is 1. The van der Waals surface area contributed by atoms with Gasteiger partial charge < -0.3 is 5.73 Å². The summed E-state index contributed by atoms with van der Waals surface area (Å²) in [4.78, 5) is 25.8. The first-order valence-electron chi connectivity index (χ1n) is 6.61. The summed E-state index contributed by atoms with van der Waals surface area (Å²) < 4.78 is 23.7. The number of anilines is 2. The highest BCUT2D eigenvalue weighted by Gasteiger charge is 2.37. The van der Waals surface area contributed by atoms with Gasteiger partial charge in [0, 0.05) is 11.1 Å². The molecule has 0 atom stereocenters. The molecule has 2 amide bonds. The van der Waals surface area contributed by atoms with Crippen molar-refractivity contribution >= 4 is 33.0 Å². The molecule has 6 nitrogen and oxygen atoms in total. The van der Waals surface area contributed by atoms with E-state index in [1.54, 1.807) is 0 Å². The number of carbonyl (C=O) groups is 2. The molecule has 0 unspecified atom stereocenters. The van der Waals surface area contributed by atoms with Gasteiger partial charge in [0.15, 0.2) is 9.84 Å². The minimum absolute atomic E-state index is 0.0407. The number of carbonyl (C=O) groups excluding carboxylic acids is 2. The predicted octanol–water partition coefficient (Wildman–Crippen LogP) is 1.99. The number of fused-ring (bicyclic) bond motifs is 1. The number of nitrogens with two attached hydrogens (primary N) is 1. The molecule has 1 aliphatic rings. The third-order valence-corrected chi connectivity index (χ3v) is 4.88. The number of sulfone groups is 1. The van der Waals surface area contributed by atoms with Crippen molar-refractivity contribution in [2.75, 3.05) is 10.6 Å². The van der Waals surface area contributed by atoms with Gasteiger partial charge in [0.2, 0.25) is 0 Å². The molecule has 0 fully saturated rings. The molecule has 2 aromatic rings. The lowest BCUT2D eigenvalue weighted by Crippen LogP contribution is -2.29. The van der Waals surface area contributed by atoms with Crippen LogP contribution in [0.3, 0.4) is 0 Å². The molecule has 116 valence electrons. The summed E-state index contributed by atoms with van der Waals surface area (Å²) >= 11 is 0. The average Bonchev–Trinajstić information content (AvgIpc) is 2.78. The second-order valence-corrected chi connectivity index (χ2v) is 6.85. The van der Waals surface area contributed by atoms with E-state index in [4.69, 9.17) is 5.73 Å². The van der Waals surface area contributed by atoms with Crippen LogP contribution in [0.5, 0.6) is 0 Å². The smallest absolute Gasteiger partial charge is 0.266 e. The normalized spacial score (nSPS) is 14.0. The third kappa shape index (κ3) is 2.31. The van der Waals surface area contributed by atoms with Gasteiger partial charge in [-0.05, 0) is 36.4 Å². The first-order chi connectivity index (χ1) is 10.8. The number of amides is 2. The summed E-state index contributed by atoms with van der Waals surface area (Å²) in [5, 5.41) is 0.815.